The first-order valence-electron chi connectivity index (χ1n) is 5.54. The summed E-state index contributed by atoms with van der Waals surface area (Å²) in [5, 5.41) is 3.23. The molecule has 0 bridgehead atoms. The van der Waals surface area contributed by atoms with Crippen LogP contribution in [0.15, 0.2) is 12.1 Å². The molecular weight excluding hydrogens is 272 g/mol. The van der Waals surface area contributed by atoms with Gasteiger partial charge in [-0.2, -0.15) is 8.75 Å². The first-order chi connectivity index (χ1) is 8.58. The van der Waals surface area contributed by atoms with E-state index in [4.69, 9.17) is 17.3 Å². The van der Waals surface area contributed by atoms with Crippen LogP contribution < -0.4 is 11.1 Å². The minimum absolute atomic E-state index is 0.00273. The van der Waals surface area contributed by atoms with Crippen LogP contribution in [0.4, 0.5) is 5.69 Å². The zero-order valence-corrected chi connectivity index (χ0v) is 11.4. The molecule has 3 N–H and O–H groups in total. The first kappa shape index (κ1) is 13.2. The molecule has 7 heteroatoms. The van der Waals surface area contributed by atoms with Crippen LogP contribution in [-0.2, 0) is 4.79 Å². The fraction of sp³-hybridized carbons (Fsp3) is 0.364. The highest BCUT2D eigenvalue weighted by molar-refractivity contribution is 7.00. The molecule has 2 rings (SSSR count). The van der Waals surface area contributed by atoms with Gasteiger partial charge in [0.2, 0.25) is 5.91 Å². The second-order valence-electron chi connectivity index (χ2n) is 4.12. The normalized spacial score (nSPS) is 12.6. The third kappa shape index (κ3) is 2.95. The van der Waals surface area contributed by atoms with Gasteiger partial charge in [0, 0.05) is 12.5 Å². The van der Waals surface area contributed by atoms with Crippen molar-refractivity contribution in [2.24, 2.45) is 5.73 Å². The quantitative estimate of drug-likeness (QED) is 0.903. The van der Waals surface area contributed by atoms with E-state index < -0.39 is 0 Å². The van der Waals surface area contributed by atoms with Crippen LogP contribution in [0, 0.1) is 0 Å². The predicted octanol–water partition coefficient (Wildman–Crippen LogP) is 2.41. The van der Waals surface area contributed by atoms with E-state index in [-0.39, 0.29) is 11.9 Å². The number of rotatable bonds is 4. The molecule has 0 spiro atoms. The number of aromatic nitrogens is 2. The highest BCUT2D eigenvalue weighted by Crippen LogP contribution is 2.29. The number of halogens is 1. The number of hydrogen-bond donors (Lipinski definition) is 2. The minimum atomic E-state index is -0.116. The molecule has 2 aromatic rings. The number of anilines is 1. The summed E-state index contributed by atoms with van der Waals surface area (Å²) in [6.45, 7) is 1.87. The molecule has 18 heavy (non-hydrogen) atoms. The third-order valence-corrected chi connectivity index (χ3v) is 3.33. The van der Waals surface area contributed by atoms with E-state index in [2.05, 4.69) is 14.1 Å². The zero-order chi connectivity index (χ0) is 13.1. The fourth-order valence-corrected chi connectivity index (χ4v) is 2.25. The average molecular weight is 285 g/mol. The van der Waals surface area contributed by atoms with Crippen molar-refractivity contribution in [2.45, 2.75) is 25.8 Å². The van der Waals surface area contributed by atoms with Crippen molar-refractivity contribution in [2.75, 3.05) is 5.32 Å². The largest absolute Gasteiger partial charge is 0.328 e. The fourth-order valence-electron chi connectivity index (χ4n) is 1.51. The lowest BCUT2D eigenvalue weighted by Crippen LogP contribution is -2.19. The number of fused-ring (bicyclic) bond motifs is 1. The molecule has 0 aliphatic rings. The standard InChI is InChI=1S/C11H13ClN4OS/c1-6(13)2-5-9(17)14-10-7(12)3-4-8-11(10)16-18-15-8/h3-4,6H,2,5,13H2,1H3,(H,14,17). The van der Waals surface area contributed by atoms with Gasteiger partial charge in [-0.15, -0.1) is 0 Å². The number of benzene rings is 1. The van der Waals surface area contributed by atoms with E-state index in [0.29, 0.717) is 29.1 Å². The van der Waals surface area contributed by atoms with Crippen LogP contribution in [0.25, 0.3) is 11.0 Å². The van der Waals surface area contributed by atoms with Gasteiger partial charge < -0.3 is 11.1 Å². The van der Waals surface area contributed by atoms with Crippen LogP contribution >= 0.6 is 23.3 Å². The van der Waals surface area contributed by atoms with Crippen LogP contribution in [-0.4, -0.2) is 20.7 Å². The van der Waals surface area contributed by atoms with Gasteiger partial charge in [-0.1, -0.05) is 11.6 Å². The van der Waals surface area contributed by atoms with E-state index in [0.717, 1.165) is 17.2 Å². The van der Waals surface area contributed by atoms with Crippen LogP contribution in [0.1, 0.15) is 19.8 Å². The zero-order valence-electron chi connectivity index (χ0n) is 9.81. The van der Waals surface area contributed by atoms with Crippen molar-refractivity contribution in [1.82, 2.24) is 8.75 Å². The molecule has 96 valence electrons. The Kier molecular flexibility index (Phi) is 4.11. The lowest BCUT2D eigenvalue weighted by Gasteiger charge is -2.08. The minimum Gasteiger partial charge on any atom is -0.328 e. The maximum atomic E-state index is 11.8. The van der Waals surface area contributed by atoms with Gasteiger partial charge in [0.1, 0.15) is 11.0 Å². The highest BCUT2D eigenvalue weighted by atomic mass is 35.5. The summed E-state index contributed by atoms with van der Waals surface area (Å²) in [6.07, 6.45) is 0.997. The van der Waals surface area contributed by atoms with Crippen molar-refractivity contribution >= 4 is 46.0 Å². The van der Waals surface area contributed by atoms with Crippen molar-refractivity contribution < 1.29 is 4.79 Å². The van der Waals surface area contributed by atoms with Gasteiger partial charge in [0.05, 0.1) is 22.4 Å². The molecule has 0 aliphatic heterocycles. The van der Waals surface area contributed by atoms with Crippen LogP contribution in [0.5, 0.6) is 0 Å². The Morgan fingerprint density at radius 1 is 1.56 bits per heavy atom. The van der Waals surface area contributed by atoms with Crippen LogP contribution in [0.3, 0.4) is 0 Å². The van der Waals surface area contributed by atoms with Gasteiger partial charge in [0.15, 0.2) is 0 Å². The Bertz CT molecular complexity index is 569. The number of nitrogens with two attached hydrogens (primary N) is 1. The number of carbonyl (C=O) groups excluding carboxylic acids is 1. The molecule has 0 radical (unpaired) electrons. The van der Waals surface area contributed by atoms with Gasteiger partial charge >= 0.3 is 0 Å². The number of nitrogens with one attached hydrogen (secondary N) is 1. The SMILES string of the molecule is CC(N)CCC(=O)Nc1c(Cl)ccc2nsnc12. The predicted molar refractivity (Wildman–Crippen MR) is 73.9 cm³/mol. The third-order valence-electron chi connectivity index (χ3n) is 2.47. The molecule has 1 unspecified atom stereocenters. The molecule has 0 fully saturated rings. The summed E-state index contributed by atoms with van der Waals surface area (Å²) < 4.78 is 8.24. The molecule has 0 saturated carbocycles. The summed E-state index contributed by atoms with van der Waals surface area (Å²) in [5.41, 5.74) is 7.49. The van der Waals surface area contributed by atoms with Gasteiger partial charge in [-0.25, -0.2) is 0 Å². The molecule has 0 aliphatic carbocycles. The summed E-state index contributed by atoms with van der Waals surface area (Å²) in [5.74, 6) is -0.116. The Labute approximate surface area is 114 Å². The van der Waals surface area contributed by atoms with Gasteiger partial charge in [0.25, 0.3) is 0 Å². The summed E-state index contributed by atoms with van der Waals surface area (Å²) in [7, 11) is 0. The van der Waals surface area contributed by atoms with Gasteiger partial charge in [-0.3, -0.25) is 4.79 Å². The molecular formula is C11H13ClN4OS. The van der Waals surface area contributed by atoms with Crippen molar-refractivity contribution in [1.29, 1.82) is 0 Å². The first-order valence-corrected chi connectivity index (χ1v) is 6.65. The topological polar surface area (TPSA) is 80.9 Å². The molecule has 1 aromatic heterocycles. The molecule has 1 heterocycles. The van der Waals surface area contributed by atoms with Crippen molar-refractivity contribution in [3.05, 3.63) is 17.2 Å². The van der Waals surface area contributed by atoms with Gasteiger partial charge in [-0.05, 0) is 25.5 Å². The molecule has 1 aromatic carbocycles. The summed E-state index contributed by atoms with van der Waals surface area (Å²) >= 11 is 7.16. The smallest absolute Gasteiger partial charge is 0.224 e. The second-order valence-corrected chi connectivity index (χ2v) is 5.05. The van der Waals surface area contributed by atoms with Crippen LogP contribution in [0.2, 0.25) is 5.02 Å². The monoisotopic (exact) mass is 284 g/mol. The molecule has 1 atom stereocenters. The Balaban J connectivity index is 2.18. The molecule has 5 nitrogen and oxygen atoms in total. The number of carbonyl (C=O) groups is 1. The maximum Gasteiger partial charge on any atom is 0.224 e. The second kappa shape index (κ2) is 5.60. The van der Waals surface area contributed by atoms with Crippen molar-refractivity contribution in [3.63, 3.8) is 0 Å². The Morgan fingerprint density at radius 2 is 2.33 bits per heavy atom. The van der Waals surface area contributed by atoms with E-state index in [1.54, 1.807) is 12.1 Å². The Morgan fingerprint density at radius 3 is 3.06 bits per heavy atom. The number of amides is 1. The lowest BCUT2D eigenvalue weighted by molar-refractivity contribution is -0.116. The molecule has 0 saturated heterocycles. The summed E-state index contributed by atoms with van der Waals surface area (Å²) in [4.78, 5) is 11.8. The lowest BCUT2D eigenvalue weighted by atomic mass is 10.2. The highest BCUT2D eigenvalue weighted by Gasteiger charge is 2.13. The number of hydrogen-bond acceptors (Lipinski definition) is 5. The van der Waals surface area contributed by atoms with E-state index in [1.165, 1.54) is 0 Å². The maximum absolute atomic E-state index is 11.8. The Hall–Kier alpha value is -1.24. The van der Waals surface area contributed by atoms with E-state index in [9.17, 15) is 4.79 Å². The summed E-state index contributed by atoms with van der Waals surface area (Å²) in [6, 6.07) is 3.48. The number of nitrogens with zero attached hydrogens (tertiary/aromatic N) is 2. The average Bonchev–Trinajstić information content (AvgIpc) is 2.78. The molecule has 1 amide bonds. The van der Waals surface area contributed by atoms with E-state index in [1.807, 2.05) is 6.92 Å². The van der Waals surface area contributed by atoms with E-state index >= 15 is 0 Å². The van der Waals surface area contributed by atoms with Crippen molar-refractivity contribution in [3.8, 4) is 0 Å².